The SMILES string of the molecule is COc1c(C)cc(OCC=C(F)F)cc1Cl. The third kappa shape index (κ3) is 3.38. The molecule has 5 heteroatoms. The van der Waals surface area contributed by atoms with Crippen molar-refractivity contribution in [2.24, 2.45) is 0 Å². The molecule has 0 radical (unpaired) electrons. The van der Waals surface area contributed by atoms with Crippen LogP contribution in [-0.4, -0.2) is 13.7 Å². The molecule has 1 rings (SSSR count). The largest absolute Gasteiger partial charge is 0.495 e. The number of halogens is 3. The molecule has 0 aliphatic rings. The van der Waals surface area contributed by atoms with Crippen molar-refractivity contribution in [2.45, 2.75) is 6.92 Å². The average molecular weight is 249 g/mol. The summed E-state index contributed by atoms with van der Waals surface area (Å²) in [6, 6.07) is 3.20. The maximum absolute atomic E-state index is 11.7. The number of hydrogen-bond acceptors (Lipinski definition) is 2. The van der Waals surface area contributed by atoms with Gasteiger partial charge in [0.15, 0.2) is 0 Å². The fourth-order valence-electron chi connectivity index (χ4n) is 1.24. The number of ether oxygens (including phenoxy) is 2. The second-order valence-electron chi connectivity index (χ2n) is 3.06. The van der Waals surface area contributed by atoms with Crippen molar-refractivity contribution >= 4 is 11.6 Å². The summed E-state index contributed by atoms with van der Waals surface area (Å²) in [6.45, 7) is 1.60. The average Bonchev–Trinajstić information content (AvgIpc) is 2.16. The topological polar surface area (TPSA) is 18.5 Å². The quantitative estimate of drug-likeness (QED) is 0.807. The van der Waals surface area contributed by atoms with E-state index in [0.29, 0.717) is 22.6 Å². The van der Waals surface area contributed by atoms with Crippen LogP contribution in [0, 0.1) is 6.92 Å². The summed E-state index contributed by atoms with van der Waals surface area (Å²) in [5.41, 5.74) is 0.787. The molecule has 0 aromatic heterocycles. The molecular weight excluding hydrogens is 238 g/mol. The molecule has 2 nitrogen and oxygen atoms in total. The number of aryl methyl sites for hydroxylation is 1. The molecule has 0 fully saturated rings. The van der Waals surface area contributed by atoms with Gasteiger partial charge in [0, 0.05) is 12.1 Å². The summed E-state index contributed by atoms with van der Waals surface area (Å²) in [5.74, 6) is 0.988. The number of benzene rings is 1. The van der Waals surface area contributed by atoms with Crippen LogP contribution in [0.15, 0.2) is 24.3 Å². The highest BCUT2D eigenvalue weighted by Gasteiger charge is 2.07. The van der Waals surface area contributed by atoms with Crippen LogP contribution in [0.5, 0.6) is 11.5 Å². The van der Waals surface area contributed by atoms with Gasteiger partial charge in [0.2, 0.25) is 0 Å². The molecular formula is C11H11ClF2O2. The van der Waals surface area contributed by atoms with Crippen LogP contribution in [0.3, 0.4) is 0 Å². The van der Waals surface area contributed by atoms with E-state index in [2.05, 4.69) is 0 Å². The highest BCUT2D eigenvalue weighted by Crippen LogP contribution is 2.32. The lowest BCUT2D eigenvalue weighted by Gasteiger charge is -2.10. The van der Waals surface area contributed by atoms with Gasteiger partial charge in [-0.15, -0.1) is 0 Å². The van der Waals surface area contributed by atoms with E-state index in [1.54, 1.807) is 13.0 Å². The maximum Gasteiger partial charge on any atom is 0.269 e. The smallest absolute Gasteiger partial charge is 0.269 e. The second kappa shape index (κ2) is 5.70. The Balaban J connectivity index is 2.80. The Morgan fingerprint density at radius 1 is 1.44 bits per heavy atom. The van der Waals surface area contributed by atoms with Crippen molar-refractivity contribution in [1.82, 2.24) is 0 Å². The van der Waals surface area contributed by atoms with Gasteiger partial charge in [-0.3, -0.25) is 0 Å². The van der Waals surface area contributed by atoms with Gasteiger partial charge in [0.25, 0.3) is 6.08 Å². The Labute approximate surface area is 97.4 Å². The normalized spacial score (nSPS) is 9.81. The van der Waals surface area contributed by atoms with Crippen LogP contribution in [0.1, 0.15) is 5.56 Å². The number of hydrogen-bond donors (Lipinski definition) is 0. The number of methoxy groups -OCH3 is 1. The van der Waals surface area contributed by atoms with Gasteiger partial charge >= 0.3 is 0 Å². The molecule has 16 heavy (non-hydrogen) atoms. The van der Waals surface area contributed by atoms with Crippen LogP contribution in [0.4, 0.5) is 8.78 Å². The predicted octanol–water partition coefficient (Wildman–Crippen LogP) is 3.82. The van der Waals surface area contributed by atoms with Crippen molar-refractivity contribution in [3.63, 3.8) is 0 Å². The molecule has 0 aliphatic heterocycles. The highest BCUT2D eigenvalue weighted by molar-refractivity contribution is 6.32. The molecule has 0 unspecified atom stereocenters. The van der Waals surface area contributed by atoms with E-state index in [1.165, 1.54) is 13.2 Å². The lowest BCUT2D eigenvalue weighted by molar-refractivity contribution is 0.343. The minimum Gasteiger partial charge on any atom is -0.495 e. The van der Waals surface area contributed by atoms with E-state index in [0.717, 1.165) is 5.56 Å². The second-order valence-corrected chi connectivity index (χ2v) is 3.47. The summed E-state index contributed by atoms with van der Waals surface area (Å²) in [5, 5.41) is 0.391. The Morgan fingerprint density at radius 2 is 2.12 bits per heavy atom. The first-order valence-electron chi connectivity index (χ1n) is 4.52. The van der Waals surface area contributed by atoms with Crippen LogP contribution in [-0.2, 0) is 0 Å². The van der Waals surface area contributed by atoms with Crippen LogP contribution >= 0.6 is 11.6 Å². The summed E-state index contributed by atoms with van der Waals surface area (Å²) in [6.07, 6.45) is -1.08. The molecule has 0 bridgehead atoms. The van der Waals surface area contributed by atoms with Crippen LogP contribution in [0.25, 0.3) is 0 Å². The zero-order valence-corrected chi connectivity index (χ0v) is 9.65. The third-order valence-corrected chi connectivity index (χ3v) is 2.18. The summed E-state index contributed by atoms with van der Waals surface area (Å²) in [4.78, 5) is 0. The van der Waals surface area contributed by atoms with Crippen LogP contribution in [0.2, 0.25) is 5.02 Å². The van der Waals surface area contributed by atoms with E-state index >= 15 is 0 Å². The first-order chi connectivity index (χ1) is 7.54. The van der Waals surface area contributed by atoms with E-state index in [9.17, 15) is 8.78 Å². The first-order valence-corrected chi connectivity index (χ1v) is 4.90. The molecule has 88 valence electrons. The minimum absolute atomic E-state index is 0.190. The van der Waals surface area contributed by atoms with E-state index < -0.39 is 6.08 Å². The van der Waals surface area contributed by atoms with Gasteiger partial charge in [-0.1, -0.05) is 11.6 Å². The molecule has 1 aromatic rings. The van der Waals surface area contributed by atoms with Gasteiger partial charge in [-0.05, 0) is 18.6 Å². The molecule has 1 aromatic carbocycles. The highest BCUT2D eigenvalue weighted by atomic mass is 35.5. The zero-order valence-electron chi connectivity index (χ0n) is 8.89. The lowest BCUT2D eigenvalue weighted by Crippen LogP contribution is -1.96. The first kappa shape index (κ1) is 12.8. The van der Waals surface area contributed by atoms with E-state index in [-0.39, 0.29) is 6.61 Å². The molecule has 0 spiro atoms. The molecule has 0 aliphatic carbocycles. The minimum atomic E-state index is -1.77. The van der Waals surface area contributed by atoms with Crippen LogP contribution < -0.4 is 9.47 Å². The monoisotopic (exact) mass is 248 g/mol. The van der Waals surface area contributed by atoms with Crippen molar-refractivity contribution in [1.29, 1.82) is 0 Å². The van der Waals surface area contributed by atoms with E-state index in [4.69, 9.17) is 21.1 Å². The van der Waals surface area contributed by atoms with Crippen molar-refractivity contribution in [3.05, 3.63) is 34.9 Å². The van der Waals surface area contributed by atoms with Gasteiger partial charge in [-0.2, -0.15) is 8.78 Å². The van der Waals surface area contributed by atoms with Gasteiger partial charge < -0.3 is 9.47 Å². The molecule has 0 N–H and O–H groups in total. The fraction of sp³-hybridized carbons (Fsp3) is 0.273. The van der Waals surface area contributed by atoms with Crippen molar-refractivity contribution in [2.75, 3.05) is 13.7 Å². The van der Waals surface area contributed by atoms with E-state index in [1.807, 2.05) is 0 Å². The maximum atomic E-state index is 11.7. The standard InChI is InChI=1S/C11H11ClF2O2/c1-7-5-8(16-4-3-10(13)14)6-9(12)11(7)15-2/h3,5-6H,4H2,1-2H3. The molecule has 0 atom stereocenters. The molecule has 0 saturated heterocycles. The van der Waals surface area contributed by atoms with Gasteiger partial charge in [0.1, 0.15) is 18.1 Å². The Morgan fingerprint density at radius 3 is 2.62 bits per heavy atom. The van der Waals surface area contributed by atoms with Gasteiger partial charge in [0.05, 0.1) is 12.1 Å². The Kier molecular flexibility index (Phi) is 4.55. The van der Waals surface area contributed by atoms with Crippen molar-refractivity contribution in [3.8, 4) is 11.5 Å². The molecule has 0 saturated carbocycles. The van der Waals surface area contributed by atoms with Crippen molar-refractivity contribution < 1.29 is 18.3 Å². The lowest BCUT2D eigenvalue weighted by atomic mass is 10.2. The Hall–Kier alpha value is -1.29. The molecule has 0 heterocycles. The van der Waals surface area contributed by atoms with Gasteiger partial charge in [-0.25, -0.2) is 0 Å². The third-order valence-electron chi connectivity index (χ3n) is 1.89. The zero-order chi connectivity index (χ0) is 12.1. The predicted molar refractivity (Wildman–Crippen MR) is 58.5 cm³/mol. The molecule has 0 amide bonds. The summed E-state index contributed by atoms with van der Waals surface area (Å²) < 4.78 is 33.6. The number of rotatable bonds is 4. The Bertz CT molecular complexity index is 378. The summed E-state index contributed by atoms with van der Waals surface area (Å²) >= 11 is 5.91. The summed E-state index contributed by atoms with van der Waals surface area (Å²) in [7, 11) is 1.51. The fourth-order valence-corrected chi connectivity index (χ4v) is 1.58.